The molecule has 10 heteroatoms. The van der Waals surface area contributed by atoms with Crippen LogP contribution in [0.15, 0.2) is 65.8 Å². The van der Waals surface area contributed by atoms with Crippen molar-refractivity contribution in [1.82, 2.24) is 19.7 Å². The number of alkyl halides is 2. The number of nitrogens with zero attached hydrogens (tertiary/aromatic N) is 4. The molecule has 1 fully saturated rings. The van der Waals surface area contributed by atoms with Gasteiger partial charge in [0, 0.05) is 43.1 Å². The Morgan fingerprint density at radius 1 is 1.05 bits per heavy atom. The normalized spacial score (nSPS) is 23.8. The molecule has 41 heavy (non-hydrogen) atoms. The first-order valence-electron chi connectivity index (χ1n) is 14.1. The van der Waals surface area contributed by atoms with Crippen LogP contribution in [0, 0.1) is 5.92 Å². The SMILES string of the molecule is CC1(C)CC2CCC(c3ccccn3)Nc3cccc(n3)SNC(=O)c3ccc(C4=CCC(F)(F)CC4)nc3N1C2. The number of fused-ring (bicyclic) bond motifs is 6. The predicted molar refractivity (Wildman–Crippen MR) is 158 cm³/mol. The molecule has 5 heterocycles. The monoisotopic (exact) mass is 576 g/mol. The van der Waals surface area contributed by atoms with Gasteiger partial charge in [-0.3, -0.25) is 14.5 Å². The molecule has 6 rings (SSSR count). The van der Waals surface area contributed by atoms with Crippen LogP contribution < -0.4 is 14.9 Å². The number of hydrogen-bond donors (Lipinski definition) is 2. The Labute approximate surface area is 243 Å². The number of nitrogens with one attached hydrogen (secondary N) is 2. The maximum absolute atomic E-state index is 13.9. The molecule has 214 valence electrons. The number of aromatic nitrogens is 3. The maximum Gasteiger partial charge on any atom is 0.265 e. The van der Waals surface area contributed by atoms with Gasteiger partial charge in [0.1, 0.15) is 16.7 Å². The zero-order valence-electron chi connectivity index (χ0n) is 23.2. The second-order valence-electron chi connectivity index (χ2n) is 11.8. The third-order valence-corrected chi connectivity index (χ3v) is 9.00. The zero-order valence-corrected chi connectivity index (χ0v) is 24.1. The highest BCUT2D eigenvalue weighted by Gasteiger charge is 2.41. The molecular formula is C31H34F2N6OS. The van der Waals surface area contributed by atoms with Crippen molar-refractivity contribution in [2.75, 3.05) is 16.8 Å². The molecule has 2 N–H and O–H groups in total. The van der Waals surface area contributed by atoms with E-state index >= 15 is 0 Å². The molecule has 4 bridgehead atoms. The summed E-state index contributed by atoms with van der Waals surface area (Å²) in [4.78, 5) is 30.1. The predicted octanol–water partition coefficient (Wildman–Crippen LogP) is 7.06. The van der Waals surface area contributed by atoms with Crippen molar-refractivity contribution in [2.24, 2.45) is 5.92 Å². The molecule has 0 radical (unpaired) electrons. The van der Waals surface area contributed by atoms with Crippen LogP contribution >= 0.6 is 11.9 Å². The van der Waals surface area contributed by atoms with Gasteiger partial charge in [-0.15, -0.1) is 0 Å². The summed E-state index contributed by atoms with van der Waals surface area (Å²) >= 11 is 1.15. The molecule has 0 spiro atoms. The number of anilines is 2. The molecular weight excluding hydrogens is 542 g/mol. The second-order valence-corrected chi connectivity index (χ2v) is 12.6. The van der Waals surface area contributed by atoms with E-state index in [-0.39, 0.29) is 36.8 Å². The minimum atomic E-state index is -2.68. The van der Waals surface area contributed by atoms with Gasteiger partial charge in [0.2, 0.25) is 0 Å². The molecule has 3 aromatic heterocycles. The summed E-state index contributed by atoms with van der Waals surface area (Å²) in [5.74, 6) is -1.26. The highest BCUT2D eigenvalue weighted by molar-refractivity contribution is 7.97. The molecule has 2 unspecified atom stereocenters. The fourth-order valence-corrected chi connectivity index (χ4v) is 6.75. The first kappa shape index (κ1) is 27.6. The van der Waals surface area contributed by atoms with Gasteiger partial charge in [0.15, 0.2) is 0 Å². The van der Waals surface area contributed by atoms with E-state index in [1.807, 2.05) is 42.6 Å². The van der Waals surface area contributed by atoms with Gasteiger partial charge in [0.05, 0.1) is 23.0 Å². The third kappa shape index (κ3) is 6.07. The Kier molecular flexibility index (Phi) is 7.44. The van der Waals surface area contributed by atoms with Crippen molar-refractivity contribution < 1.29 is 13.6 Å². The average molecular weight is 577 g/mol. The summed E-state index contributed by atoms with van der Waals surface area (Å²) in [6.07, 6.45) is 5.94. The Morgan fingerprint density at radius 3 is 2.71 bits per heavy atom. The fraction of sp³-hybridized carbons (Fsp3) is 0.419. The van der Waals surface area contributed by atoms with E-state index in [0.717, 1.165) is 54.8 Å². The minimum Gasteiger partial charge on any atom is -0.362 e. The van der Waals surface area contributed by atoms with Crippen LogP contribution in [0.5, 0.6) is 0 Å². The first-order valence-corrected chi connectivity index (χ1v) is 15.0. The van der Waals surface area contributed by atoms with Gasteiger partial charge < -0.3 is 10.2 Å². The van der Waals surface area contributed by atoms with Crippen LogP contribution in [-0.2, 0) is 0 Å². The average Bonchev–Trinajstić information content (AvgIpc) is 3.27. The van der Waals surface area contributed by atoms with Gasteiger partial charge in [-0.05, 0) is 87.4 Å². The number of halogens is 2. The molecule has 1 aliphatic carbocycles. The molecule has 2 aliphatic heterocycles. The lowest BCUT2D eigenvalue weighted by molar-refractivity contribution is -0.00606. The van der Waals surface area contributed by atoms with Crippen LogP contribution in [0.4, 0.5) is 20.4 Å². The quantitative estimate of drug-likeness (QED) is 0.316. The highest BCUT2D eigenvalue weighted by Crippen LogP contribution is 2.42. The number of carbonyl (C=O) groups is 1. The van der Waals surface area contributed by atoms with Crippen molar-refractivity contribution >= 4 is 35.1 Å². The summed E-state index contributed by atoms with van der Waals surface area (Å²) in [5.41, 5.74) is 2.65. The first-order chi connectivity index (χ1) is 19.7. The Hall–Kier alpha value is -3.53. The van der Waals surface area contributed by atoms with Crippen LogP contribution in [0.1, 0.15) is 80.2 Å². The summed E-state index contributed by atoms with van der Waals surface area (Å²) in [6, 6.07) is 15.2. The van der Waals surface area contributed by atoms with E-state index in [1.54, 1.807) is 18.2 Å². The highest BCUT2D eigenvalue weighted by atomic mass is 32.2. The van der Waals surface area contributed by atoms with Crippen molar-refractivity contribution in [3.8, 4) is 0 Å². The third-order valence-electron chi connectivity index (χ3n) is 8.27. The summed E-state index contributed by atoms with van der Waals surface area (Å²) in [5, 5.41) is 4.23. The number of amides is 1. The summed E-state index contributed by atoms with van der Waals surface area (Å²) < 4.78 is 30.7. The van der Waals surface area contributed by atoms with E-state index in [0.29, 0.717) is 28.0 Å². The Bertz CT molecular complexity index is 1460. The van der Waals surface area contributed by atoms with Crippen LogP contribution in [-0.4, -0.2) is 38.9 Å². The zero-order chi connectivity index (χ0) is 28.6. The van der Waals surface area contributed by atoms with Crippen molar-refractivity contribution in [1.29, 1.82) is 0 Å². The molecule has 0 saturated carbocycles. The van der Waals surface area contributed by atoms with Crippen molar-refractivity contribution in [3.63, 3.8) is 0 Å². The van der Waals surface area contributed by atoms with E-state index in [1.165, 1.54) is 0 Å². The number of hydrogen-bond acceptors (Lipinski definition) is 7. The van der Waals surface area contributed by atoms with E-state index in [4.69, 9.17) is 9.97 Å². The van der Waals surface area contributed by atoms with Gasteiger partial charge in [0.25, 0.3) is 11.8 Å². The largest absolute Gasteiger partial charge is 0.362 e. The van der Waals surface area contributed by atoms with Gasteiger partial charge >= 0.3 is 0 Å². The lowest BCUT2D eigenvalue weighted by Gasteiger charge is -2.34. The molecule has 2 atom stereocenters. The molecule has 3 aromatic rings. The Morgan fingerprint density at radius 2 is 1.93 bits per heavy atom. The fourth-order valence-electron chi connectivity index (χ4n) is 6.15. The maximum atomic E-state index is 13.9. The lowest BCUT2D eigenvalue weighted by Crippen LogP contribution is -2.40. The van der Waals surface area contributed by atoms with Gasteiger partial charge in [-0.25, -0.2) is 18.7 Å². The molecule has 3 aliphatic rings. The van der Waals surface area contributed by atoms with Gasteiger partial charge in [-0.2, -0.15) is 0 Å². The smallest absolute Gasteiger partial charge is 0.265 e. The minimum absolute atomic E-state index is 0.0192. The van der Waals surface area contributed by atoms with Crippen LogP contribution in [0.3, 0.4) is 0 Å². The number of allylic oxidation sites excluding steroid dienone is 2. The van der Waals surface area contributed by atoms with E-state index in [9.17, 15) is 13.6 Å². The van der Waals surface area contributed by atoms with Crippen molar-refractivity contribution in [2.45, 2.75) is 74.9 Å². The van der Waals surface area contributed by atoms with Gasteiger partial charge in [-0.1, -0.05) is 18.2 Å². The number of pyridine rings is 3. The summed E-state index contributed by atoms with van der Waals surface area (Å²) in [7, 11) is 0. The van der Waals surface area contributed by atoms with Crippen LogP contribution in [0.25, 0.3) is 5.57 Å². The van der Waals surface area contributed by atoms with E-state index < -0.39 is 5.92 Å². The molecule has 1 amide bonds. The van der Waals surface area contributed by atoms with Crippen LogP contribution in [0.2, 0.25) is 0 Å². The summed E-state index contributed by atoms with van der Waals surface area (Å²) in [6.45, 7) is 5.12. The van der Waals surface area contributed by atoms with E-state index in [2.05, 4.69) is 33.8 Å². The Balaban J connectivity index is 1.38. The lowest BCUT2D eigenvalue weighted by atomic mass is 9.91. The number of carbonyl (C=O) groups excluding carboxylic acids is 1. The topological polar surface area (TPSA) is 83.0 Å². The second kappa shape index (κ2) is 11.0. The van der Waals surface area contributed by atoms with Crippen molar-refractivity contribution in [3.05, 3.63) is 77.8 Å². The standard InChI is InChI=1S/C31H34F2N6OS/c1-30(2)18-20-9-11-25(24-6-3-4-17-34-24)35-26-7-5-8-27(37-26)41-38-29(40)22-10-12-23(36-28(22)39(30)19-20)21-13-15-31(32,33)16-14-21/h3-8,10,12-13,17,20,25H,9,11,14-16,18-19H2,1-2H3,(H,35,37)(H,38,40). The molecule has 1 saturated heterocycles. The number of rotatable bonds is 2. The molecule has 7 nitrogen and oxygen atoms in total. The molecule has 0 aromatic carbocycles.